The second kappa shape index (κ2) is 10.2. The highest BCUT2D eigenvalue weighted by molar-refractivity contribution is 6.00. The van der Waals surface area contributed by atoms with Crippen molar-refractivity contribution in [2.75, 3.05) is 6.54 Å². The van der Waals surface area contributed by atoms with Crippen LogP contribution in [-0.4, -0.2) is 22.2 Å². The van der Waals surface area contributed by atoms with Crippen LogP contribution in [0.1, 0.15) is 39.0 Å². The first-order valence-electron chi connectivity index (χ1n) is 11.4. The van der Waals surface area contributed by atoms with E-state index in [0.29, 0.717) is 17.9 Å². The number of hydrogen-bond acceptors (Lipinski definition) is 2. The van der Waals surface area contributed by atoms with E-state index >= 15 is 0 Å². The molecule has 4 rings (SSSR count). The minimum atomic E-state index is -4.50. The van der Waals surface area contributed by atoms with Gasteiger partial charge in [-0.1, -0.05) is 54.6 Å². The van der Waals surface area contributed by atoms with Crippen molar-refractivity contribution in [3.05, 3.63) is 107 Å². The maximum atomic E-state index is 13.5. The number of aryl methyl sites for hydroxylation is 2. The van der Waals surface area contributed by atoms with Gasteiger partial charge in [0.1, 0.15) is 0 Å². The van der Waals surface area contributed by atoms with Gasteiger partial charge < -0.3 is 5.32 Å². The van der Waals surface area contributed by atoms with E-state index < -0.39 is 11.7 Å². The first-order chi connectivity index (χ1) is 16.8. The molecule has 7 heteroatoms. The van der Waals surface area contributed by atoms with Crippen molar-refractivity contribution in [2.45, 2.75) is 32.9 Å². The quantitative estimate of drug-likeness (QED) is 0.307. The maximum absolute atomic E-state index is 13.5. The third-order valence-corrected chi connectivity index (χ3v) is 6.05. The van der Waals surface area contributed by atoms with Gasteiger partial charge in [-0.15, -0.1) is 0 Å². The SMILES string of the molecule is Cc1cccc(-n2ncc(C(=O)NCCCc3ccccc3)c2-c2cccc(C(F)(F)F)c2)c1C. The highest BCUT2D eigenvalue weighted by Gasteiger charge is 2.31. The van der Waals surface area contributed by atoms with Crippen LogP contribution < -0.4 is 5.32 Å². The fraction of sp³-hybridized carbons (Fsp3) is 0.214. The highest BCUT2D eigenvalue weighted by atomic mass is 19.4. The van der Waals surface area contributed by atoms with Crippen molar-refractivity contribution in [3.8, 4) is 16.9 Å². The van der Waals surface area contributed by atoms with Crippen LogP contribution in [0, 0.1) is 13.8 Å². The van der Waals surface area contributed by atoms with E-state index in [1.54, 1.807) is 10.7 Å². The Morgan fingerprint density at radius 3 is 2.46 bits per heavy atom. The fourth-order valence-electron chi connectivity index (χ4n) is 4.02. The second-order valence-electron chi connectivity index (χ2n) is 8.46. The lowest BCUT2D eigenvalue weighted by atomic mass is 10.0. The van der Waals surface area contributed by atoms with E-state index in [2.05, 4.69) is 10.4 Å². The Hall–Kier alpha value is -3.87. The van der Waals surface area contributed by atoms with Gasteiger partial charge in [0, 0.05) is 12.1 Å². The number of halogens is 3. The molecular weight excluding hydrogens is 451 g/mol. The summed E-state index contributed by atoms with van der Waals surface area (Å²) in [7, 11) is 0. The number of aromatic nitrogens is 2. The Morgan fingerprint density at radius 2 is 1.71 bits per heavy atom. The lowest BCUT2D eigenvalue weighted by molar-refractivity contribution is -0.137. The summed E-state index contributed by atoms with van der Waals surface area (Å²) in [6, 6.07) is 20.6. The summed E-state index contributed by atoms with van der Waals surface area (Å²) in [6.07, 6.45) is -1.53. The molecule has 0 fully saturated rings. The predicted octanol–water partition coefficient (Wildman–Crippen LogP) is 6.54. The van der Waals surface area contributed by atoms with Gasteiger partial charge in [-0.05, 0) is 61.6 Å². The molecule has 1 N–H and O–H groups in total. The number of rotatable bonds is 7. The summed E-state index contributed by atoms with van der Waals surface area (Å²) in [6.45, 7) is 4.31. The van der Waals surface area contributed by atoms with Gasteiger partial charge in [0.05, 0.1) is 28.7 Å². The number of alkyl halides is 3. The molecule has 0 radical (unpaired) electrons. The lowest BCUT2D eigenvalue weighted by Gasteiger charge is -2.15. The zero-order valence-corrected chi connectivity index (χ0v) is 19.6. The minimum absolute atomic E-state index is 0.227. The van der Waals surface area contributed by atoms with Crippen LogP contribution in [0.5, 0.6) is 0 Å². The van der Waals surface area contributed by atoms with Crippen molar-refractivity contribution in [3.63, 3.8) is 0 Å². The minimum Gasteiger partial charge on any atom is -0.352 e. The van der Waals surface area contributed by atoms with Gasteiger partial charge in [-0.3, -0.25) is 4.79 Å². The number of nitrogens with zero attached hydrogens (tertiary/aromatic N) is 2. The van der Waals surface area contributed by atoms with E-state index in [1.165, 1.54) is 17.8 Å². The molecule has 0 aliphatic heterocycles. The molecule has 4 nitrogen and oxygen atoms in total. The normalized spacial score (nSPS) is 11.5. The van der Waals surface area contributed by atoms with Gasteiger partial charge in [0.25, 0.3) is 5.91 Å². The standard InChI is InChI=1S/C28H26F3N3O/c1-19-9-6-15-25(20(19)2)34-26(22-13-7-14-23(17-22)28(29,30)31)24(18-33-34)27(35)32-16-8-12-21-10-4-3-5-11-21/h3-7,9-11,13-15,17-18H,8,12,16H2,1-2H3,(H,32,35). The summed E-state index contributed by atoms with van der Waals surface area (Å²) in [5, 5.41) is 7.33. The molecule has 0 aliphatic rings. The van der Waals surface area contributed by atoms with Crippen LogP contribution in [0.4, 0.5) is 13.2 Å². The molecule has 1 aromatic heterocycles. The molecule has 0 unspecified atom stereocenters. The Bertz CT molecular complexity index is 1330. The largest absolute Gasteiger partial charge is 0.416 e. The molecule has 1 amide bonds. The van der Waals surface area contributed by atoms with Crippen LogP contribution in [0.25, 0.3) is 16.9 Å². The first kappa shape index (κ1) is 24.3. The zero-order chi connectivity index (χ0) is 25.0. The van der Waals surface area contributed by atoms with Gasteiger partial charge >= 0.3 is 6.18 Å². The van der Waals surface area contributed by atoms with Crippen molar-refractivity contribution >= 4 is 5.91 Å². The van der Waals surface area contributed by atoms with E-state index in [9.17, 15) is 18.0 Å². The van der Waals surface area contributed by atoms with E-state index in [-0.39, 0.29) is 17.0 Å². The molecule has 35 heavy (non-hydrogen) atoms. The number of hydrogen-bond donors (Lipinski definition) is 1. The Balaban J connectivity index is 1.68. The second-order valence-corrected chi connectivity index (χ2v) is 8.46. The molecule has 0 bridgehead atoms. The van der Waals surface area contributed by atoms with Gasteiger partial charge in [-0.25, -0.2) is 4.68 Å². The van der Waals surface area contributed by atoms with Crippen molar-refractivity contribution in [2.24, 2.45) is 0 Å². The number of amides is 1. The van der Waals surface area contributed by atoms with Crippen LogP contribution in [-0.2, 0) is 12.6 Å². The molecule has 180 valence electrons. The summed E-state index contributed by atoms with van der Waals surface area (Å²) in [5.41, 5.74) is 3.87. The van der Waals surface area contributed by atoms with Crippen LogP contribution in [0.15, 0.2) is 79.0 Å². The van der Waals surface area contributed by atoms with Crippen LogP contribution in [0.2, 0.25) is 0 Å². The summed E-state index contributed by atoms with van der Waals surface area (Å²) in [4.78, 5) is 13.1. The molecule has 0 spiro atoms. The van der Waals surface area contributed by atoms with Crippen LogP contribution in [0.3, 0.4) is 0 Å². The summed E-state index contributed by atoms with van der Waals surface area (Å²) >= 11 is 0. The van der Waals surface area contributed by atoms with E-state index in [1.807, 2.05) is 62.4 Å². The molecule has 0 aliphatic carbocycles. The number of carbonyl (C=O) groups excluding carboxylic acids is 1. The summed E-state index contributed by atoms with van der Waals surface area (Å²) in [5.74, 6) is -0.373. The summed E-state index contributed by atoms with van der Waals surface area (Å²) < 4.78 is 41.9. The number of nitrogens with one attached hydrogen (secondary N) is 1. The van der Waals surface area contributed by atoms with Gasteiger partial charge in [0.2, 0.25) is 0 Å². The van der Waals surface area contributed by atoms with Gasteiger partial charge in [-0.2, -0.15) is 18.3 Å². The Kier molecular flexibility index (Phi) is 7.05. The average molecular weight is 478 g/mol. The van der Waals surface area contributed by atoms with E-state index in [0.717, 1.165) is 36.1 Å². The van der Waals surface area contributed by atoms with Crippen molar-refractivity contribution < 1.29 is 18.0 Å². The molecule has 0 saturated heterocycles. The van der Waals surface area contributed by atoms with Crippen molar-refractivity contribution in [1.29, 1.82) is 0 Å². The Labute approximate surface area is 202 Å². The molecule has 0 saturated carbocycles. The monoisotopic (exact) mass is 477 g/mol. The molecule has 0 atom stereocenters. The lowest BCUT2D eigenvalue weighted by Crippen LogP contribution is -2.25. The number of carbonyl (C=O) groups is 1. The van der Waals surface area contributed by atoms with Crippen LogP contribution >= 0.6 is 0 Å². The zero-order valence-electron chi connectivity index (χ0n) is 19.6. The average Bonchev–Trinajstić information content (AvgIpc) is 3.29. The fourth-order valence-corrected chi connectivity index (χ4v) is 4.02. The smallest absolute Gasteiger partial charge is 0.352 e. The maximum Gasteiger partial charge on any atom is 0.416 e. The third-order valence-electron chi connectivity index (χ3n) is 6.05. The molecule has 1 heterocycles. The predicted molar refractivity (Wildman–Crippen MR) is 131 cm³/mol. The Morgan fingerprint density at radius 1 is 0.971 bits per heavy atom. The van der Waals surface area contributed by atoms with Crippen molar-refractivity contribution in [1.82, 2.24) is 15.1 Å². The molecule has 3 aromatic carbocycles. The van der Waals surface area contributed by atoms with Gasteiger partial charge in [0.15, 0.2) is 0 Å². The topological polar surface area (TPSA) is 46.9 Å². The van der Waals surface area contributed by atoms with E-state index in [4.69, 9.17) is 0 Å². The molecular formula is C28H26F3N3O. The first-order valence-corrected chi connectivity index (χ1v) is 11.4. The third kappa shape index (κ3) is 5.45. The highest BCUT2D eigenvalue weighted by Crippen LogP contribution is 2.34. The molecule has 4 aromatic rings. The number of benzene rings is 3.